The molecule has 22 heavy (non-hydrogen) atoms. The van der Waals surface area contributed by atoms with Crippen LogP contribution >= 0.6 is 23.1 Å². The third kappa shape index (κ3) is 3.60. The van der Waals surface area contributed by atoms with E-state index in [-0.39, 0.29) is 21.8 Å². The third-order valence-electron chi connectivity index (χ3n) is 2.52. The van der Waals surface area contributed by atoms with E-state index < -0.39 is 10.0 Å². The molecule has 0 unspecified atom stereocenters. The molecule has 1 aliphatic rings. The molecule has 1 fully saturated rings. The van der Waals surface area contributed by atoms with Gasteiger partial charge in [-0.25, -0.2) is 0 Å². The van der Waals surface area contributed by atoms with Gasteiger partial charge in [0.1, 0.15) is 4.21 Å². The lowest BCUT2D eigenvalue weighted by atomic mass is 10.4. The smallest absolute Gasteiger partial charge is 0.294 e. The van der Waals surface area contributed by atoms with Gasteiger partial charge in [-0.3, -0.25) is 9.69 Å². The summed E-state index contributed by atoms with van der Waals surface area (Å²) in [6.07, 6.45) is 3.17. The molecular weight excluding hydrogens is 342 g/mol. The van der Waals surface area contributed by atoms with Gasteiger partial charge in [0.15, 0.2) is 5.17 Å². The van der Waals surface area contributed by atoms with E-state index >= 15 is 0 Å². The Kier molecular flexibility index (Phi) is 5.09. The van der Waals surface area contributed by atoms with Crippen molar-refractivity contribution >= 4 is 44.2 Å². The van der Waals surface area contributed by atoms with E-state index in [1.807, 2.05) is 0 Å². The van der Waals surface area contributed by atoms with Crippen molar-refractivity contribution in [2.75, 3.05) is 20.6 Å². The summed E-state index contributed by atoms with van der Waals surface area (Å²) < 4.78 is 28.5. The van der Waals surface area contributed by atoms with E-state index in [1.165, 1.54) is 17.0 Å². The Hall–Kier alpha value is -1.58. The fraction of sp³-hybridized carbons (Fsp3) is 0.231. The molecule has 2 rings (SSSR count). The topological polar surface area (TPSA) is 70.1 Å². The average molecular weight is 357 g/mol. The fourth-order valence-electron chi connectivity index (χ4n) is 1.65. The lowest BCUT2D eigenvalue weighted by Gasteiger charge is -2.12. The van der Waals surface area contributed by atoms with E-state index in [2.05, 4.69) is 11.0 Å². The number of amidine groups is 1. The zero-order valence-electron chi connectivity index (χ0n) is 12.1. The molecule has 0 saturated carbocycles. The van der Waals surface area contributed by atoms with Gasteiger partial charge in [-0.05, 0) is 23.2 Å². The van der Waals surface area contributed by atoms with Crippen LogP contribution in [-0.4, -0.2) is 49.9 Å². The number of hydrogen-bond acceptors (Lipinski definition) is 6. The van der Waals surface area contributed by atoms with Gasteiger partial charge >= 0.3 is 0 Å². The normalized spacial score (nSPS) is 19.2. The highest BCUT2D eigenvalue weighted by Crippen LogP contribution is 2.32. The zero-order chi connectivity index (χ0) is 16.3. The van der Waals surface area contributed by atoms with Crippen molar-refractivity contribution in [3.05, 3.63) is 41.3 Å². The number of thioether (sulfide) groups is 1. The maximum atomic E-state index is 12.3. The zero-order valence-corrected chi connectivity index (χ0v) is 14.5. The van der Waals surface area contributed by atoms with Crippen LogP contribution in [0.3, 0.4) is 0 Å². The summed E-state index contributed by atoms with van der Waals surface area (Å²) >= 11 is 2.13. The molecule has 0 spiro atoms. The predicted octanol–water partition coefficient (Wildman–Crippen LogP) is 1.96. The summed E-state index contributed by atoms with van der Waals surface area (Å²) in [5.74, 6) is -0.279. The van der Waals surface area contributed by atoms with Gasteiger partial charge in [0.05, 0.1) is 4.91 Å². The van der Waals surface area contributed by atoms with Gasteiger partial charge in [0.25, 0.3) is 15.9 Å². The van der Waals surface area contributed by atoms with E-state index in [9.17, 15) is 13.2 Å². The van der Waals surface area contributed by atoms with Crippen molar-refractivity contribution in [1.82, 2.24) is 9.80 Å². The molecule has 6 nitrogen and oxygen atoms in total. The molecule has 9 heteroatoms. The SMILES string of the molecule is C=CCN1C(=O)/C(=C/N(C)C)S/C1=N/S(=O)(=O)c1cccs1. The first kappa shape index (κ1) is 16.8. The number of thiophene rings is 1. The lowest BCUT2D eigenvalue weighted by Crippen LogP contribution is -2.30. The van der Waals surface area contributed by atoms with Crippen molar-refractivity contribution in [3.8, 4) is 0 Å². The second-order valence-corrected chi connectivity index (χ2v) is 8.33. The Morgan fingerprint density at radius 2 is 2.18 bits per heavy atom. The van der Waals surface area contributed by atoms with Gasteiger partial charge in [-0.2, -0.15) is 8.42 Å². The Morgan fingerprint density at radius 1 is 1.45 bits per heavy atom. The Balaban J connectivity index is 2.42. The predicted molar refractivity (Wildman–Crippen MR) is 90.2 cm³/mol. The second-order valence-electron chi connectivity index (χ2n) is 4.54. The van der Waals surface area contributed by atoms with Crippen LogP contribution in [0.4, 0.5) is 0 Å². The minimum Gasteiger partial charge on any atom is -0.382 e. The number of rotatable bonds is 5. The number of carbonyl (C=O) groups excluding carboxylic acids is 1. The molecule has 0 N–H and O–H groups in total. The van der Waals surface area contributed by atoms with E-state index in [1.54, 1.807) is 36.6 Å². The molecule has 1 aliphatic heterocycles. The van der Waals surface area contributed by atoms with Crippen molar-refractivity contribution in [2.45, 2.75) is 4.21 Å². The van der Waals surface area contributed by atoms with Gasteiger partial charge in [-0.1, -0.05) is 12.1 Å². The van der Waals surface area contributed by atoms with E-state index in [0.717, 1.165) is 23.1 Å². The van der Waals surface area contributed by atoms with Crippen LogP contribution in [0, 0.1) is 0 Å². The van der Waals surface area contributed by atoms with Gasteiger partial charge in [0, 0.05) is 26.8 Å². The lowest BCUT2D eigenvalue weighted by molar-refractivity contribution is -0.121. The highest BCUT2D eigenvalue weighted by Gasteiger charge is 2.34. The molecule has 0 aliphatic carbocycles. The Bertz CT molecular complexity index is 734. The van der Waals surface area contributed by atoms with Gasteiger partial charge < -0.3 is 4.90 Å². The monoisotopic (exact) mass is 357 g/mol. The number of nitrogens with zero attached hydrogens (tertiary/aromatic N) is 3. The average Bonchev–Trinajstić information content (AvgIpc) is 3.03. The first-order valence-corrected chi connectivity index (χ1v) is 9.36. The first-order valence-electron chi connectivity index (χ1n) is 6.22. The molecule has 0 bridgehead atoms. The highest BCUT2D eigenvalue weighted by molar-refractivity contribution is 8.19. The maximum Gasteiger partial charge on any atom is 0.294 e. The van der Waals surface area contributed by atoms with E-state index in [4.69, 9.17) is 0 Å². The Labute approximate surface area is 137 Å². The van der Waals surface area contributed by atoms with Gasteiger partial charge in [0.2, 0.25) is 0 Å². The standard InChI is InChI=1S/C13H15N3O3S3/c1-4-7-16-12(17)10(9-15(2)3)21-13(16)14-22(18,19)11-6-5-8-20-11/h4-6,8-9H,1,7H2,2-3H3/b10-9-,14-13+. The molecule has 0 radical (unpaired) electrons. The van der Waals surface area contributed by atoms with Gasteiger partial charge in [-0.15, -0.1) is 22.3 Å². The second kappa shape index (κ2) is 6.67. The summed E-state index contributed by atoms with van der Waals surface area (Å²) in [4.78, 5) is 15.8. The molecule has 1 amide bonds. The maximum absolute atomic E-state index is 12.3. The van der Waals surface area contributed by atoms with Crippen molar-refractivity contribution < 1.29 is 13.2 Å². The summed E-state index contributed by atoms with van der Waals surface area (Å²) in [5.41, 5.74) is 0. The quantitative estimate of drug-likeness (QED) is 0.595. The number of hydrogen-bond donors (Lipinski definition) is 0. The number of amides is 1. The minimum atomic E-state index is -3.81. The van der Waals surface area contributed by atoms with Crippen molar-refractivity contribution in [2.24, 2.45) is 4.40 Å². The molecule has 2 heterocycles. The molecule has 1 aromatic heterocycles. The summed E-state index contributed by atoms with van der Waals surface area (Å²) in [5, 5.41) is 1.81. The van der Waals surface area contributed by atoms with Crippen LogP contribution in [0.15, 0.2) is 49.9 Å². The largest absolute Gasteiger partial charge is 0.382 e. The summed E-state index contributed by atoms with van der Waals surface area (Å²) in [7, 11) is -0.234. The summed E-state index contributed by atoms with van der Waals surface area (Å²) in [6.45, 7) is 3.79. The third-order valence-corrected chi connectivity index (χ3v) is 6.27. The van der Waals surface area contributed by atoms with Crippen LogP contribution in [0.1, 0.15) is 0 Å². The van der Waals surface area contributed by atoms with Crippen LogP contribution in [0.5, 0.6) is 0 Å². The highest BCUT2D eigenvalue weighted by atomic mass is 32.2. The molecule has 1 aromatic rings. The van der Waals surface area contributed by atoms with Crippen LogP contribution < -0.4 is 0 Å². The van der Waals surface area contributed by atoms with Crippen LogP contribution in [0.2, 0.25) is 0 Å². The van der Waals surface area contributed by atoms with Crippen molar-refractivity contribution in [3.63, 3.8) is 0 Å². The number of carbonyl (C=O) groups is 1. The molecule has 1 saturated heterocycles. The first-order chi connectivity index (χ1) is 10.3. The molecular formula is C13H15N3O3S3. The fourth-order valence-corrected chi connectivity index (χ4v) is 4.88. The van der Waals surface area contributed by atoms with Crippen LogP contribution in [0.25, 0.3) is 0 Å². The minimum absolute atomic E-state index is 0.145. The Morgan fingerprint density at radius 3 is 2.73 bits per heavy atom. The van der Waals surface area contributed by atoms with Crippen LogP contribution in [-0.2, 0) is 14.8 Å². The number of sulfonamides is 1. The summed E-state index contributed by atoms with van der Waals surface area (Å²) in [6, 6.07) is 3.13. The molecule has 0 aromatic carbocycles. The molecule has 0 atom stereocenters. The van der Waals surface area contributed by atoms with Crippen molar-refractivity contribution in [1.29, 1.82) is 0 Å². The molecule has 118 valence electrons. The van der Waals surface area contributed by atoms with E-state index in [0.29, 0.717) is 4.91 Å².